The fraction of sp³-hybridized carbons (Fsp3) is 0.632. The van der Waals surface area contributed by atoms with Crippen LogP contribution in [0.15, 0.2) is 24.4 Å². The Labute approximate surface area is 143 Å². The van der Waals surface area contributed by atoms with Gasteiger partial charge in [0.1, 0.15) is 6.04 Å². The highest BCUT2D eigenvalue weighted by Gasteiger charge is 2.37. The number of aromatic nitrogens is 1. The molecule has 24 heavy (non-hydrogen) atoms. The molecule has 0 bridgehead atoms. The Hall–Kier alpha value is -1.91. The molecule has 1 aliphatic heterocycles. The molecular formula is C19H27N3O2. The van der Waals surface area contributed by atoms with Crippen molar-refractivity contribution in [2.45, 2.75) is 57.4 Å². The maximum absolute atomic E-state index is 12.7. The van der Waals surface area contributed by atoms with Crippen molar-refractivity contribution in [3.63, 3.8) is 0 Å². The van der Waals surface area contributed by atoms with Crippen LogP contribution >= 0.6 is 0 Å². The normalized spacial score (nSPS) is 21.7. The first-order chi connectivity index (χ1) is 11.8. The Balaban J connectivity index is 1.50. The van der Waals surface area contributed by atoms with Gasteiger partial charge < -0.3 is 10.2 Å². The fourth-order valence-electron chi connectivity index (χ4n) is 3.86. The van der Waals surface area contributed by atoms with Gasteiger partial charge in [-0.2, -0.15) is 0 Å². The van der Waals surface area contributed by atoms with Gasteiger partial charge in [-0.15, -0.1) is 0 Å². The molecule has 0 aromatic carbocycles. The molecule has 1 aromatic heterocycles. The van der Waals surface area contributed by atoms with Crippen LogP contribution in [0.4, 0.5) is 0 Å². The second kappa shape index (κ2) is 8.27. The van der Waals surface area contributed by atoms with Crippen LogP contribution in [0.2, 0.25) is 0 Å². The van der Waals surface area contributed by atoms with Crippen molar-refractivity contribution in [1.82, 2.24) is 15.2 Å². The Kier molecular flexibility index (Phi) is 5.83. The van der Waals surface area contributed by atoms with E-state index in [0.29, 0.717) is 6.54 Å². The molecule has 3 rings (SSSR count). The molecule has 1 aromatic rings. The molecule has 1 aliphatic carbocycles. The van der Waals surface area contributed by atoms with Gasteiger partial charge in [-0.25, -0.2) is 0 Å². The van der Waals surface area contributed by atoms with E-state index in [1.165, 1.54) is 6.42 Å². The van der Waals surface area contributed by atoms with Crippen LogP contribution in [0.3, 0.4) is 0 Å². The summed E-state index contributed by atoms with van der Waals surface area (Å²) in [5.74, 6) is 0.338. The zero-order chi connectivity index (χ0) is 16.8. The van der Waals surface area contributed by atoms with Crippen LogP contribution in [0.25, 0.3) is 0 Å². The number of hydrogen-bond acceptors (Lipinski definition) is 3. The van der Waals surface area contributed by atoms with Gasteiger partial charge in [0.2, 0.25) is 11.8 Å². The number of likely N-dealkylation sites (tertiary alicyclic amines) is 1. The van der Waals surface area contributed by atoms with Crippen LogP contribution in [0, 0.1) is 5.92 Å². The van der Waals surface area contributed by atoms with E-state index in [0.717, 1.165) is 57.2 Å². The van der Waals surface area contributed by atoms with Crippen molar-refractivity contribution in [2.75, 3.05) is 13.1 Å². The topological polar surface area (TPSA) is 62.3 Å². The lowest BCUT2D eigenvalue weighted by atomic mass is 9.88. The highest BCUT2D eigenvalue weighted by atomic mass is 16.2. The minimum absolute atomic E-state index is 0.00686. The third-order valence-corrected chi connectivity index (χ3v) is 5.20. The molecule has 0 spiro atoms. The van der Waals surface area contributed by atoms with Gasteiger partial charge in [-0.3, -0.25) is 14.6 Å². The zero-order valence-corrected chi connectivity index (χ0v) is 14.2. The Morgan fingerprint density at radius 1 is 1.12 bits per heavy atom. The van der Waals surface area contributed by atoms with Crippen LogP contribution in [-0.4, -0.2) is 40.8 Å². The number of rotatable bonds is 5. The predicted molar refractivity (Wildman–Crippen MR) is 92.3 cm³/mol. The van der Waals surface area contributed by atoms with Gasteiger partial charge in [0.15, 0.2) is 0 Å². The van der Waals surface area contributed by atoms with Crippen LogP contribution in [-0.2, 0) is 16.0 Å². The number of hydrogen-bond donors (Lipinski definition) is 1. The number of carbonyl (C=O) groups is 2. The van der Waals surface area contributed by atoms with Crippen molar-refractivity contribution in [3.05, 3.63) is 30.1 Å². The van der Waals surface area contributed by atoms with Crippen molar-refractivity contribution in [3.8, 4) is 0 Å². The lowest BCUT2D eigenvalue weighted by Gasteiger charge is -2.30. The summed E-state index contributed by atoms with van der Waals surface area (Å²) in [7, 11) is 0. The van der Waals surface area contributed by atoms with E-state index in [9.17, 15) is 9.59 Å². The molecule has 2 heterocycles. The summed E-state index contributed by atoms with van der Waals surface area (Å²) in [6.45, 7) is 1.30. The van der Waals surface area contributed by atoms with E-state index in [2.05, 4.69) is 10.3 Å². The SMILES string of the molecule is O=C(NCCc1ccccn1)[C@H]1CCCN1C(=O)C1CCCCC1. The minimum Gasteiger partial charge on any atom is -0.354 e. The highest BCUT2D eigenvalue weighted by molar-refractivity contribution is 5.89. The molecule has 130 valence electrons. The molecule has 5 heteroatoms. The summed E-state index contributed by atoms with van der Waals surface area (Å²) in [6, 6.07) is 5.52. The molecule has 0 radical (unpaired) electrons. The maximum Gasteiger partial charge on any atom is 0.242 e. The molecule has 1 saturated heterocycles. The minimum atomic E-state index is -0.275. The number of pyridine rings is 1. The number of nitrogens with one attached hydrogen (secondary N) is 1. The predicted octanol–water partition coefficient (Wildman–Crippen LogP) is 2.31. The molecule has 1 saturated carbocycles. The highest BCUT2D eigenvalue weighted by Crippen LogP contribution is 2.28. The monoisotopic (exact) mass is 329 g/mol. The first-order valence-electron chi connectivity index (χ1n) is 9.24. The van der Waals surface area contributed by atoms with Crippen LogP contribution in [0.1, 0.15) is 50.6 Å². The first kappa shape index (κ1) is 16.9. The van der Waals surface area contributed by atoms with Crippen molar-refractivity contribution in [1.29, 1.82) is 0 Å². The van der Waals surface area contributed by atoms with Crippen LogP contribution < -0.4 is 5.32 Å². The van der Waals surface area contributed by atoms with Gasteiger partial charge >= 0.3 is 0 Å². The van der Waals surface area contributed by atoms with E-state index < -0.39 is 0 Å². The van der Waals surface area contributed by atoms with E-state index in [4.69, 9.17) is 0 Å². The Morgan fingerprint density at radius 3 is 2.71 bits per heavy atom. The number of nitrogens with zero attached hydrogens (tertiary/aromatic N) is 2. The molecule has 1 N–H and O–H groups in total. The molecular weight excluding hydrogens is 302 g/mol. The molecule has 2 aliphatic rings. The van der Waals surface area contributed by atoms with Crippen molar-refractivity contribution in [2.24, 2.45) is 5.92 Å². The van der Waals surface area contributed by atoms with E-state index >= 15 is 0 Å². The third-order valence-electron chi connectivity index (χ3n) is 5.20. The quantitative estimate of drug-likeness (QED) is 0.902. The Bertz CT molecular complexity index is 555. The van der Waals surface area contributed by atoms with E-state index in [-0.39, 0.29) is 23.8 Å². The molecule has 2 fully saturated rings. The fourth-order valence-corrected chi connectivity index (χ4v) is 3.86. The van der Waals surface area contributed by atoms with E-state index in [1.807, 2.05) is 23.1 Å². The smallest absolute Gasteiger partial charge is 0.242 e. The van der Waals surface area contributed by atoms with Gasteiger partial charge in [0, 0.05) is 37.3 Å². The number of amides is 2. The summed E-state index contributed by atoms with van der Waals surface area (Å²) in [4.78, 5) is 31.4. The Morgan fingerprint density at radius 2 is 1.96 bits per heavy atom. The second-order valence-electron chi connectivity index (χ2n) is 6.89. The lowest BCUT2D eigenvalue weighted by Crippen LogP contribution is -2.48. The largest absolute Gasteiger partial charge is 0.354 e. The lowest BCUT2D eigenvalue weighted by molar-refractivity contribution is -0.142. The zero-order valence-electron chi connectivity index (χ0n) is 14.2. The van der Waals surface area contributed by atoms with Crippen LogP contribution in [0.5, 0.6) is 0 Å². The van der Waals surface area contributed by atoms with Gasteiger partial charge in [0.05, 0.1) is 0 Å². The van der Waals surface area contributed by atoms with Gasteiger partial charge in [-0.05, 0) is 37.8 Å². The van der Waals surface area contributed by atoms with Gasteiger partial charge in [0.25, 0.3) is 0 Å². The molecule has 0 unspecified atom stereocenters. The first-order valence-corrected chi connectivity index (χ1v) is 9.24. The summed E-state index contributed by atoms with van der Waals surface area (Å²) < 4.78 is 0. The summed E-state index contributed by atoms with van der Waals surface area (Å²) in [5, 5.41) is 2.99. The maximum atomic E-state index is 12.7. The average Bonchev–Trinajstić information content (AvgIpc) is 3.12. The summed E-state index contributed by atoms with van der Waals surface area (Å²) in [5.41, 5.74) is 0.972. The summed E-state index contributed by atoms with van der Waals surface area (Å²) >= 11 is 0. The molecule has 2 amide bonds. The van der Waals surface area contributed by atoms with Crippen molar-refractivity contribution >= 4 is 11.8 Å². The van der Waals surface area contributed by atoms with Crippen molar-refractivity contribution < 1.29 is 9.59 Å². The van der Waals surface area contributed by atoms with Gasteiger partial charge in [-0.1, -0.05) is 25.3 Å². The standard InChI is InChI=1S/C19H27N3O2/c23-18(21-13-11-16-9-4-5-12-20-16)17-10-6-14-22(17)19(24)15-7-2-1-3-8-15/h4-5,9,12,15,17H,1-3,6-8,10-11,13-14H2,(H,21,23)/t17-/m1/s1. The average molecular weight is 329 g/mol. The number of carbonyl (C=O) groups excluding carboxylic acids is 2. The third kappa shape index (κ3) is 4.13. The van der Waals surface area contributed by atoms with E-state index in [1.54, 1.807) is 6.20 Å². The molecule has 1 atom stereocenters. The molecule has 5 nitrogen and oxygen atoms in total. The summed E-state index contributed by atoms with van der Waals surface area (Å²) in [6.07, 6.45) is 9.70. The second-order valence-corrected chi connectivity index (χ2v) is 6.89.